The minimum absolute atomic E-state index is 0.622. The van der Waals surface area contributed by atoms with Gasteiger partial charge in [-0.25, -0.2) is 4.98 Å². The second-order valence-electron chi connectivity index (χ2n) is 5.52. The topological polar surface area (TPSA) is 48.3 Å². The zero-order valence-electron chi connectivity index (χ0n) is 14.4. The molecule has 2 rings (SSSR count). The zero-order chi connectivity index (χ0) is 17.2. The molecule has 0 bridgehead atoms. The molecular weight excluding hydrogens is 370 g/mol. The number of hydrogen-bond acceptors (Lipinski definition) is 4. The molecule has 0 spiro atoms. The molecule has 2 aromatic rings. The number of benzene rings is 1. The molecule has 0 radical (unpaired) electrons. The van der Waals surface area contributed by atoms with Crippen LogP contribution in [0.2, 0.25) is 0 Å². The molecular formula is C18H26BrN3O2. The summed E-state index contributed by atoms with van der Waals surface area (Å²) in [4.78, 5) is 4.05. The van der Waals surface area contributed by atoms with Crippen molar-refractivity contribution in [2.75, 3.05) is 19.8 Å². The van der Waals surface area contributed by atoms with Crippen molar-refractivity contribution in [2.45, 2.75) is 39.8 Å². The maximum Gasteiger partial charge on any atom is 0.175 e. The molecule has 0 saturated carbocycles. The van der Waals surface area contributed by atoms with Crippen LogP contribution in [0, 0.1) is 0 Å². The third-order valence-corrected chi connectivity index (χ3v) is 4.07. The summed E-state index contributed by atoms with van der Waals surface area (Å²) in [5.41, 5.74) is 1.18. The smallest absolute Gasteiger partial charge is 0.175 e. The number of nitrogens with zero attached hydrogens (tertiary/aromatic N) is 2. The van der Waals surface area contributed by atoms with Gasteiger partial charge in [-0.15, -0.1) is 0 Å². The van der Waals surface area contributed by atoms with E-state index in [0.717, 1.165) is 48.4 Å². The highest BCUT2D eigenvalue weighted by Crippen LogP contribution is 2.37. The van der Waals surface area contributed by atoms with E-state index in [2.05, 4.69) is 49.9 Å². The van der Waals surface area contributed by atoms with Crippen molar-refractivity contribution in [1.29, 1.82) is 0 Å². The summed E-state index contributed by atoms with van der Waals surface area (Å²) in [5.74, 6) is 1.60. The summed E-state index contributed by atoms with van der Waals surface area (Å²) in [6.45, 7) is 8.12. The Morgan fingerprint density at radius 1 is 1.25 bits per heavy atom. The lowest BCUT2D eigenvalue weighted by atomic mass is 10.2. The first kappa shape index (κ1) is 18.8. The maximum atomic E-state index is 5.81. The van der Waals surface area contributed by atoms with Crippen LogP contribution in [0.1, 0.15) is 32.3 Å². The Balaban J connectivity index is 1.87. The molecule has 0 aliphatic carbocycles. The Labute approximate surface area is 152 Å². The number of ether oxygens (including phenoxy) is 2. The van der Waals surface area contributed by atoms with Crippen LogP contribution in [0.3, 0.4) is 0 Å². The van der Waals surface area contributed by atoms with Gasteiger partial charge in [0.05, 0.1) is 24.0 Å². The van der Waals surface area contributed by atoms with Crippen molar-refractivity contribution in [2.24, 2.45) is 0 Å². The minimum atomic E-state index is 0.622. The normalized spacial score (nSPS) is 10.8. The summed E-state index contributed by atoms with van der Waals surface area (Å²) < 4.78 is 14.6. The Bertz CT molecular complexity index is 603. The van der Waals surface area contributed by atoms with Gasteiger partial charge >= 0.3 is 0 Å². The number of rotatable bonds is 11. The molecule has 1 heterocycles. The van der Waals surface area contributed by atoms with Gasteiger partial charge in [0, 0.05) is 25.5 Å². The summed E-state index contributed by atoms with van der Waals surface area (Å²) in [5, 5.41) is 3.47. The van der Waals surface area contributed by atoms with E-state index in [0.29, 0.717) is 13.2 Å². The monoisotopic (exact) mass is 395 g/mol. The van der Waals surface area contributed by atoms with Crippen LogP contribution in [-0.4, -0.2) is 29.3 Å². The molecule has 132 valence electrons. The number of nitrogens with one attached hydrogen (secondary N) is 1. The molecule has 0 atom stereocenters. The molecule has 0 aliphatic heterocycles. The van der Waals surface area contributed by atoms with E-state index in [1.54, 1.807) is 0 Å². The van der Waals surface area contributed by atoms with Gasteiger partial charge in [0.15, 0.2) is 11.5 Å². The van der Waals surface area contributed by atoms with E-state index in [4.69, 9.17) is 9.47 Å². The summed E-state index contributed by atoms with van der Waals surface area (Å²) in [7, 11) is 0. The largest absolute Gasteiger partial charge is 0.490 e. The standard InChI is InChI=1S/C18H26BrN3O2/c1-3-10-24-18-16(19)11-15(12-17(18)23-4-2)13-20-6-5-8-22-9-7-21-14-22/h7,9,11-12,14,20H,3-6,8,10,13H2,1-2H3. The van der Waals surface area contributed by atoms with Crippen LogP contribution >= 0.6 is 15.9 Å². The van der Waals surface area contributed by atoms with Gasteiger partial charge in [0.2, 0.25) is 0 Å². The molecule has 0 unspecified atom stereocenters. The quantitative estimate of drug-likeness (QED) is 0.583. The Kier molecular flexibility index (Phi) is 8.12. The lowest BCUT2D eigenvalue weighted by Gasteiger charge is -2.15. The third-order valence-electron chi connectivity index (χ3n) is 3.48. The molecule has 1 aromatic carbocycles. The van der Waals surface area contributed by atoms with Crippen LogP contribution in [0.5, 0.6) is 11.5 Å². The van der Waals surface area contributed by atoms with Gasteiger partial charge in [0.25, 0.3) is 0 Å². The number of imidazole rings is 1. The Hall–Kier alpha value is -1.53. The zero-order valence-corrected chi connectivity index (χ0v) is 16.0. The molecule has 24 heavy (non-hydrogen) atoms. The van der Waals surface area contributed by atoms with Crippen molar-refractivity contribution in [3.05, 3.63) is 40.9 Å². The van der Waals surface area contributed by atoms with Crippen molar-refractivity contribution in [1.82, 2.24) is 14.9 Å². The molecule has 0 amide bonds. The number of halogens is 1. The lowest BCUT2D eigenvalue weighted by molar-refractivity contribution is 0.275. The van der Waals surface area contributed by atoms with E-state index in [9.17, 15) is 0 Å². The first-order valence-electron chi connectivity index (χ1n) is 8.49. The van der Waals surface area contributed by atoms with Gasteiger partial charge in [-0.1, -0.05) is 6.92 Å². The maximum absolute atomic E-state index is 5.81. The van der Waals surface area contributed by atoms with Crippen LogP contribution < -0.4 is 14.8 Å². The molecule has 6 heteroatoms. The first-order valence-corrected chi connectivity index (χ1v) is 9.28. The predicted molar refractivity (Wildman–Crippen MR) is 99.6 cm³/mol. The fourth-order valence-corrected chi connectivity index (χ4v) is 2.97. The SMILES string of the molecule is CCCOc1c(Br)cc(CNCCCn2ccnc2)cc1OCC. The Morgan fingerprint density at radius 2 is 2.12 bits per heavy atom. The highest BCUT2D eigenvalue weighted by atomic mass is 79.9. The van der Waals surface area contributed by atoms with Gasteiger partial charge in [-0.3, -0.25) is 0 Å². The molecule has 1 aromatic heterocycles. The molecule has 0 aliphatic rings. The van der Waals surface area contributed by atoms with E-state index in [1.165, 1.54) is 5.56 Å². The highest BCUT2D eigenvalue weighted by Gasteiger charge is 2.12. The number of aryl methyl sites for hydroxylation is 1. The predicted octanol–water partition coefficient (Wildman–Crippen LogP) is 4.01. The second-order valence-corrected chi connectivity index (χ2v) is 6.37. The van der Waals surface area contributed by atoms with Crippen molar-refractivity contribution >= 4 is 15.9 Å². The van der Waals surface area contributed by atoms with Crippen LogP contribution in [0.25, 0.3) is 0 Å². The molecule has 5 nitrogen and oxygen atoms in total. The summed E-state index contributed by atoms with van der Waals surface area (Å²) in [6.07, 6.45) is 7.68. The van der Waals surface area contributed by atoms with E-state index < -0.39 is 0 Å². The number of hydrogen-bond donors (Lipinski definition) is 1. The fraction of sp³-hybridized carbons (Fsp3) is 0.500. The van der Waals surface area contributed by atoms with E-state index in [-0.39, 0.29) is 0 Å². The van der Waals surface area contributed by atoms with Gasteiger partial charge in [-0.05, 0) is 59.9 Å². The lowest BCUT2D eigenvalue weighted by Crippen LogP contribution is -2.16. The first-order chi connectivity index (χ1) is 11.7. The van der Waals surface area contributed by atoms with Crippen LogP contribution in [0.15, 0.2) is 35.3 Å². The number of aromatic nitrogens is 2. The molecule has 0 fully saturated rings. The minimum Gasteiger partial charge on any atom is -0.490 e. The van der Waals surface area contributed by atoms with E-state index in [1.807, 2.05) is 25.6 Å². The summed E-state index contributed by atoms with van der Waals surface area (Å²) in [6, 6.07) is 4.15. The molecule has 0 saturated heterocycles. The van der Waals surface area contributed by atoms with Gasteiger partial charge < -0.3 is 19.4 Å². The van der Waals surface area contributed by atoms with Crippen molar-refractivity contribution in [3.8, 4) is 11.5 Å². The third kappa shape index (κ3) is 5.83. The van der Waals surface area contributed by atoms with Gasteiger partial charge in [0.1, 0.15) is 0 Å². The van der Waals surface area contributed by atoms with Gasteiger partial charge in [-0.2, -0.15) is 0 Å². The average molecular weight is 396 g/mol. The highest BCUT2D eigenvalue weighted by molar-refractivity contribution is 9.10. The summed E-state index contributed by atoms with van der Waals surface area (Å²) >= 11 is 3.60. The van der Waals surface area contributed by atoms with Crippen LogP contribution in [0.4, 0.5) is 0 Å². The fourth-order valence-electron chi connectivity index (χ4n) is 2.37. The van der Waals surface area contributed by atoms with Crippen molar-refractivity contribution in [3.63, 3.8) is 0 Å². The van der Waals surface area contributed by atoms with E-state index >= 15 is 0 Å². The average Bonchev–Trinajstić information content (AvgIpc) is 3.07. The van der Waals surface area contributed by atoms with Crippen LogP contribution in [-0.2, 0) is 13.1 Å². The second kappa shape index (κ2) is 10.4. The Morgan fingerprint density at radius 3 is 2.83 bits per heavy atom. The van der Waals surface area contributed by atoms with Crippen molar-refractivity contribution < 1.29 is 9.47 Å². The molecule has 1 N–H and O–H groups in total.